The first-order valence-electron chi connectivity index (χ1n) is 7.02. The molecule has 0 saturated heterocycles. The lowest BCUT2D eigenvalue weighted by molar-refractivity contribution is -0.136. The quantitative estimate of drug-likeness (QED) is 0.369. The molecule has 0 rings (SSSR count). The summed E-state index contributed by atoms with van der Waals surface area (Å²) in [4.78, 5) is 0. The summed E-state index contributed by atoms with van der Waals surface area (Å²) in [6.45, 7) is 4.08. The highest BCUT2D eigenvalue weighted by Crippen LogP contribution is 2.30. The zero-order valence-corrected chi connectivity index (χ0v) is 12.6. The second-order valence-electron chi connectivity index (χ2n) is 5.03. The molecule has 0 aromatic heterocycles. The summed E-state index contributed by atoms with van der Waals surface area (Å²) in [6.07, 6.45) is 1.45. The van der Waals surface area contributed by atoms with Gasteiger partial charge in [-0.15, -0.1) is 0 Å². The van der Waals surface area contributed by atoms with Gasteiger partial charge in [0.1, 0.15) is 5.40 Å². The number of halogens is 3. The molecule has 0 aromatic carbocycles. The van der Waals surface area contributed by atoms with Gasteiger partial charge in [0.25, 0.3) is 0 Å². The summed E-state index contributed by atoms with van der Waals surface area (Å²) in [7, 11) is 0. The average Bonchev–Trinajstić information content (AvgIpc) is 2.31. The molecule has 0 N–H and O–H groups in total. The maximum Gasteiger partial charge on any atom is 0.389 e. The maximum atomic E-state index is 12.2. The van der Waals surface area contributed by atoms with E-state index in [-0.39, 0.29) is 17.6 Å². The van der Waals surface area contributed by atoms with Crippen molar-refractivity contribution in [1.82, 2.24) is 0 Å². The first-order chi connectivity index (χ1) is 8.90. The molecule has 19 heavy (non-hydrogen) atoms. The zero-order valence-electron chi connectivity index (χ0n) is 11.8. The second kappa shape index (κ2) is 10.4. The number of hydrogen-bond acceptors (Lipinski definition) is 2. The van der Waals surface area contributed by atoms with Crippen molar-refractivity contribution in [3.63, 3.8) is 0 Å². The lowest BCUT2D eigenvalue weighted by Crippen LogP contribution is -2.15. The van der Waals surface area contributed by atoms with E-state index in [4.69, 9.17) is 5.26 Å². The van der Waals surface area contributed by atoms with Gasteiger partial charge in [-0.1, -0.05) is 39.5 Å². The van der Waals surface area contributed by atoms with Gasteiger partial charge in [0, 0.05) is 11.7 Å². The minimum Gasteiger partial charge on any atom is -0.185 e. The highest BCUT2D eigenvalue weighted by atomic mass is 32.2. The van der Waals surface area contributed by atoms with Gasteiger partial charge in [0.2, 0.25) is 0 Å². The minimum absolute atomic E-state index is 0.125. The molecule has 0 aliphatic carbocycles. The third-order valence-corrected chi connectivity index (χ3v) is 4.23. The van der Waals surface area contributed by atoms with Crippen molar-refractivity contribution >= 4 is 11.8 Å². The molecule has 0 saturated carbocycles. The second-order valence-corrected chi connectivity index (χ2v) is 6.19. The van der Waals surface area contributed by atoms with Crippen molar-refractivity contribution in [2.75, 3.05) is 0 Å². The Kier molecular flexibility index (Phi) is 10.2. The molecule has 0 radical (unpaired) electrons. The van der Waals surface area contributed by atoms with Crippen LogP contribution >= 0.6 is 11.8 Å². The van der Waals surface area contributed by atoms with Crippen LogP contribution < -0.4 is 0 Å². The third kappa shape index (κ3) is 11.2. The number of thiocyanates is 1. The number of rotatable bonds is 10. The fraction of sp³-hybridized carbons (Fsp3) is 0.929. The van der Waals surface area contributed by atoms with Crippen molar-refractivity contribution in [3.05, 3.63) is 0 Å². The van der Waals surface area contributed by atoms with Crippen LogP contribution in [0.2, 0.25) is 0 Å². The van der Waals surface area contributed by atoms with E-state index in [9.17, 15) is 13.2 Å². The molecule has 0 aliphatic rings. The summed E-state index contributed by atoms with van der Waals surface area (Å²) in [5.41, 5.74) is 0. The van der Waals surface area contributed by atoms with Crippen LogP contribution in [-0.4, -0.2) is 11.4 Å². The van der Waals surface area contributed by atoms with E-state index in [2.05, 4.69) is 12.3 Å². The molecule has 0 bridgehead atoms. The Bertz CT molecular complexity index is 260. The monoisotopic (exact) mass is 295 g/mol. The summed E-state index contributed by atoms with van der Waals surface area (Å²) in [5.74, 6) is 0.226. The molecular weight excluding hydrogens is 271 g/mol. The first kappa shape index (κ1) is 18.6. The number of nitriles is 1. The molecule has 0 aromatic rings. The van der Waals surface area contributed by atoms with Crippen LogP contribution in [0.1, 0.15) is 65.2 Å². The lowest BCUT2D eigenvalue weighted by Gasteiger charge is -2.21. The summed E-state index contributed by atoms with van der Waals surface area (Å²) >= 11 is 1.19. The fourth-order valence-electron chi connectivity index (χ4n) is 2.19. The Balaban J connectivity index is 4.07. The molecule has 1 nitrogen and oxygen atoms in total. The summed E-state index contributed by atoms with van der Waals surface area (Å²) < 4.78 is 36.5. The SMILES string of the molecule is CCCCCCC(CCCC(F)(F)F)C(C)SC#N. The number of nitrogens with zero attached hydrogens (tertiary/aromatic N) is 1. The van der Waals surface area contributed by atoms with Crippen molar-refractivity contribution in [1.29, 1.82) is 5.26 Å². The Morgan fingerprint density at radius 1 is 1.11 bits per heavy atom. The van der Waals surface area contributed by atoms with Gasteiger partial charge in [-0.25, -0.2) is 0 Å². The number of hydrogen-bond donors (Lipinski definition) is 0. The lowest BCUT2D eigenvalue weighted by atomic mass is 9.92. The number of alkyl halides is 3. The van der Waals surface area contributed by atoms with E-state index in [0.29, 0.717) is 6.42 Å². The topological polar surface area (TPSA) is 23.8 Å². The van der Waals surface area contributed by atoms with Crippen LogP contribution in [-0.2, 0) is 0 Å². The average molecular weight is 295 g/mol. The Morgan fingerprint density at radius 3 is 2.26 bits per heavy atom. The summed E-state index contributed by atoms with van der Waals surface area (Å²) in [5, 5.41) is 10.9. The van der Waals surface area contributed by atoms with Gasteiger partial charge in [0.15, 0.2) is 0 Å². The molecule has 0 fully saturated rings. The van der Waals surface area contributed by atoms with Gasteiger partial charge in [-0.2, -0.15) is 18.4 Å². The van der Waals surface area contributed by atoms with E-state index in [1.807, 2.05) is 6.92 Å². The first-order valence-corrected chi connectivity index (χ1v) is 7.90. The molecule has 0 amide bonds. The van der Waals surface area contributed by atoms with Crippen LogP contribution in [0, 0.1) is 16.6 Å². The van der Waals surface area contributed by atoms with Crippen LogP contribution in [0.3, 0.4) is 0 Å². The van der Waals surface area contributed by atoms with Crippen molar-refractivity contribution in [2.45, 2.75) is 76.6 Å². The largest absolute Gasteiger partial charge is 0.389 e. The molecule has 2 unspecified atom stereocenters. The third-order valence-electron chi connectivity index (χ3n) is 3.37. The highest BCUT2D eigenvalue weighted by molar-refractivity contribution is 8.04. The molecule has 5 heteroatoms. The van der Waals surface area contributed by atoms with E-state index >= 15 is 0 Å². The van der Waals surface area contributed by atoms with Gasteiger partial charge in [-0.3, -0.25) is 0 Å². The molecule has 0 spiro atoms. The van der Waals surface area contributed by atoms with E-state index < -0.39 is 12.6 Å². The van der Waals surface area contributed by atoms with Gasteiger partial charge in [0.05, 0.1) is 0 Å². The summed E-state index contributed by atoms with van der Waals surface area (Å²) in [6, 6.07) is 0. The Hall–Kier alpha value is -0.370. The molecular formula is C14H24F3NS. The normalized spacial score (nSPS) is 14.9. The van der Waals surface area contributed by atoms with Crippen molar-refractivity contribution in [3.8, 4) is 5.40 Å². The van der Waals surface area contributed by atoms with Crippen LogP contribution in [0.15, 0.2) is 0 Å². The van der Waals surface area contributed by atoms with Crippen LogP contribution in [0.25, 0.3) is 0 Å². The van der Waals surface area contributed by atoms with Gasteiger partial charge >= 0.3 is 6.18 Å². The Labute approximate surface area is 118 Å². The maximum absolute atomic E-state index is 12.2. The van der Waals surface area contributed by atoms with E-state index in [1.54, 1.807) is 0 Å². The standard InChI is InChI=1S/C14H24F3NS/c1-3-4-5-6-8-13(12(2)19-11-18)9-7-10-14(15,16)17/h12-13H,3-10H2,1-2H3. The van der Waals surface area contributed by atoms with Gasteiger partial charge in [-0.05, 0) is 36.9 Å². The number of thioether (sulfide) groups is 1. The minimum atomic E-state index is -4.06. The molecule has 0 heterocycles. The fourth-order valence-corrected chi connectivity index (χ4v) is 2.82. The van der Waals surface area contributed by atoms with Crippen molar-refractivity contribution < 1.29 is 13.2 Å². The van der Waals surface area contributed by atoms with Crippen LogP contribution in [0.4, 0.5) is 13.2 Å². The van der Waals surface area contributed by atoms with E-state index in [1.165, 1.54) is 18.2 Å². The van der Waals surface area contributed by atoms with Gasteiger partial charge < -0.3 is 0 Å². The molecule has 112 valence electrons. The van der Waals surface area contributed by atoms with Crippen LogP contribution in [0.5, 0.6) is 0 Å². The number of unbranched alkanes of at least 4 members (excludes halogenated alkanes) is 3. The van der Waals surface area contributed by atoms with Crippen molar-refractivity contribution in [2.24, 2.45) is 5.92 Å². The zero-order chi connectivity index (χ0) is 14.7. The Morgan fingerprint density at radius 2 is 1.74 bits per heavy atom. The molecule has 0 aliphatic heterocycles. The highest BCUT2D eigenvalue weighted by Gasteiger charge is 2.27. The predicted octanol–water partition coefficient (Wildman–Crippen LogP) is 5.91. The predicted molar refractivity (Wildman–Crippen MR) is 74.8 cm³/mol. The smallest absolute Gasteiger partial charge is 0.185 e. The van der Waals surface area contributed by atoms with E-state index in [0.717, 1.165) is 25.7 Å². The molecule has 2 atom stereocenters.